The van der Waals surface area contributed by atoms with Gasteiger partial charge >= 0.3 is 6.61 Å². The molecule has 0 saturated heterocycles. The number of benzene rings is 1. The molecule has 1 aromatic carbocycles. The number of aliphatic hydroxyl groups is 1. The van der Waals surface area contributed by atoms with Crippen molar-refractivity contribution in [1.82, 2.24) is 5.32 Å². The fourth-order valence-corrected chi connectivity index (χ4v) is 2.85. The van der Waals surface area contributed by atoms with Gasteiger partial charge in [-0.05, 0) is 29.8 Å². The van der Waals surface area contributed by atoms with Crippen LogP contribution in [0.15, 0.2) is 36.4 Å². The van der Waals surface area contributed by atoms with E-state index in [1.165, 1.54) is 23.5 Å². The monoisotopic (exact) mass is 333 g/mol. The Morgan fingerprint density at radius 2 is 2.10 bits per heavy atom. The summed E-state index contributed by atoms with van der Waals surface area (Å²) in [5, 5.41) is 13.1. The van der Waals surface area contributed by atoms with Gasteiger partial charge in [-0.25, -0.2) is 0 Å². The number of hydrogen-bond acceptors (Lipinski definition) is 4. The smallest absolute Gasteiger partial charge is 0.387 e. The summed E-state index contributed by atoms with van der Waals surface area (Å²) in [5.74, 6) is 0.0339. The number of thiophene rings is 1. The van der Waals surface area contributed by atoms with Gasteiger partial charge in [-0.3, -0.25) is 0 Å². The maximum atomic E-state index is 12.1. The van der Waals surface area contributed by atoms with Gasteiger partial charge < -0.3 is 15.2 Å². The lowest BCUT2D eigenvalue weighted by molar-refractivity contribution is -0.0499. The predicted molar refractivity (Wildman–Crippen MR) is 79.1 cm³/mol. The number of ether oxygens (including phenoxy) is 1. The molecular formula is C14H14ClF2NO2S. The van der Waals surface area contributed by atoms with E-state index < -0.39 is 12.7 Å². The van der Waals surface area contributed by atoms with Crippen LogP contribution < -0.4 is 10.1 Å². The van der Waals surface area contributed by atoms with Gasteiger partial charge in [0.25, 0.3) is 0 Å². The molecule has 1 unspecified atom stereocenters. The Morgan fingerprint density at radius 3 is 2.76 bits per heavy atom. The Morgan fingerprint density at radius 1 is 1.29 bits per heavy atom. The molecule has 7 heteroatoms. The summed E-state index contributed by atoms with van der Waals surface area (Å²) < 4.78 is 29.3. The van der Waals surface area contributed by atoms with Crippen LogP contribution in [-0.4, -0.2) is 18.3 Å². The molecule has 3 nitrogen and oxygen atoms in total. The molecule has 1 aromatic heterocycles. The third-order valence-corrected chi connectivity index (χ3v) is 3.96. The van der Waals surface area contributed by atoms with Crippen LogP contribution in [0.25, 0.3) is 0 Å². The molecule has 0 aliphatic rings. The number of rotatable bonds is 7. The molecule has 0 aliphatic carbocycles. The third kappa shape index (κ3) is 5.24. The van der Waals surface area contributed by atoms with Gasteiger partial charge in [0.15, 0.2) is 0 Å². The first-order valence-corrected chi connectivity index (χ1v) is 7.42. The van der Waals surface area contributed by atoms with E-state index in [2.05, 4.69) is 10.1 Å². The minimum absolute atomic E-state index is 0.0339. The topological polar surface area (TPSA) is 41.5 Å². The second-order valence-corrected chi connectivity index (χ2v) is 6.10. The van der Waals surface area contributed by atoms with Crippen molar-refractivity contribution in [3.63, 3.8) is 0 Å². The predicted octanol–water partition coefficient (Wildman–Crippen LogP) is 3.83. The standard InChI is InChI=1S/C14H14ClF2NO2S/c15-13-5-4-11(21-13)7-18-8-12(19)9-2-1-3-10(6-9)20-14(16)17/h1-6,12,14,18-19H,7-8H2. The van der Waals surface area contributed by atoms with Crippen molar-refractivity contribution in [2.24, 2.45) is 0 Å². The van der Waals surface area contributed by atoms with E-state index in [1.807, 2.05) is 12.1 Å². The van der Waals surface area contributed by atoms with Crippen molar-refractivity contribution >= 4 is 22.9 Å². The normalized spacial score (nSPS) is 12.6. The van der Waals surface area contributed by atoms with Crippen LogP contribution in [0.1, 0.15) is 16.5 Å². The van der Waals surface area contributed by atoms with Crippen LogP contribution >= 0.6 is 22.9 Å². The fourth-order valence-electron chi connectivity index (χ4n) is 1.79. The maximum Gasteiger partial charge on any atom is 0.387 e. The van der Waals surface area contributed by atoms with E-state index in [1.54, 1.807) is 12.1 Å². The van der Waals surface area contributed by atoms with E-state index in [4.69, 9.17) is 11.6 Å². The van der Waals surface area contributed by atoms with Gasteiger partial charge in [0, 0.05) is 18.0 Å². The molecule has 0 bridgehead atoms. The molecule has 0 saturated carbocycles. The number of halogens is 3. The van der Waals surface area contributed by atoms with Gasteiger partial charge in [0.2, 0.25) is 0 Å². The third-order valence-electron chi connectivity index (χ3n) is 2.73. The van der Waals surface area contributed by atoms with Crippen molar-refractivity contribution < 1.29 is 18.6 Å². The highest BCUT2D eigenvalue weighted by atomic mass is 35.5. The maximum absolute atomic E-state index is 12.1. The summed E-state index contributed by atoms with van der Waals surface area (Å²) in [4.78, 5) is 1.06. The fraction of sp³-hybridized carbons (Fsp3) is 0.286. The summed E-state index contributed by atoms with van der Waals surface area (Å²) in [7, 11) is 0. The molecule has 1 atom stereocenters. The molecular weight excluding hydrogens is 320 g/mol. The first kappa shape index (κ1) is 16.2. The van der Waals surface area contributed by atoms with Gasteiger partial charge in [0.05, 0.1) is 10.4 Å². The Labute approximate surface area is 130 Å². The van der Waals surface area contributed by atoms with E-state index in [0.717, 1.165) is 4.88 Å². The summed E-state index contributed by atoms with van der Waals surface area (Å²) in [5.41, 5.74) is 0.518. The summed E-state index contributed by atoms with van der Waals surface area (Å²) in [6.45, 7) is -1.99. The number of alkyl halides is 2. The first-order valence-electron chi connectivity index (χ1n) is 6.22. The van der Waals surface area contributed by atoms with Crippen molar-refractivity contribution in [2.75, 3.05) is 6.54 Å². The highest BCUT2D eigenvalue weighted by molar-refractivity contribution is 7.16. The van der Waals surface area contributed by atoms with Crippen molar-refractivity contribution in [2.45, 2.75) is 19.3 Å². The lowest BCUT2D eigenvalue weighted by Gasteiger charge is -2.13. The Bertz CT molecular complexity index is 580. The second-order valence-electron chi connectivity index (χ2n) is 4.30. The van der Waals surface area contributed by atoms with Crippen LogP contribution in [0.5, 0.6) is 5.75 Å². The van der Waals surface area contributed by atoms with Gasteiger partial charge in [0.1, 0.15) is 5.75 Å². The zero-order chi connectivity index (χ0) is 15.2. The average Bonchev–Trinajstić information content (AvgIpc) is 2.84. The van der Waals surface area contributed by atoms with E-state index in [0.29, 0.717) is 23.0 Å². The lowest BCUT2D eigenvalue weighted by Crippen LogP contribution is -2.20. The molecule has 2 N–H and O–H groups in total. The molecule has 0 fully saturated rings. The molecule has 21 heavy (non-hydrogen) atoms. The SMILES string of the molecule is OC(CNCc1ccc(Cl)s1)c1cccc(OC(F)F)c1. The minimum atomic E-state index is -2.88. The molecule has 0 spiro atoms. The number of aliphatic hydroxyl groups excluding tert-OH is 1. The van der Waals surface area contributed by atoms with Gasteiger partial charge in [-0.1, -0.05) is 23.7 Å². The largest absolute Gasteiger partial charge is 0.435 e. The Kier molecular flexibility index (Phi) is 5.93. The zero-order valence-electron chi connectivity index (χ0n) is 10.9. The lowest BCUT2D eigenvalue weighted by atomic mass is 10.1. The molecule has 0 radical (unpaired) electrons. The highest BCUT2D eigenvalue weighted by Gasteiger charge is 2.10. The summed E-state index contributed by atoms with van der Waals surface area (Å²) in [6, 6.07) is 9.76. The van der Waals surface area contributed by atoms with Crippen LogP contribution in [0.3, 0.4) is 0 Å². The van der Waals surface area contributed by atoms with Crippen molar-refractivity contribution in [3.8, 4) is 5.75 Å². The molecule has 2 aromatic rings. The second kappa shape index (κ2) is 7.70. The van der Waals surface area contributed by atoms with E-state index >= 15 is 0 Å². The summed E-state index contributed by atoms with van der Waals surface area (Å²) >= 11 is 7.29. The van der Waals surface area contributed by atoms with Gasteiger partial charge in [-0.2, -0.15) is 8.78 Å². The highest BCUT2D eigenvalue weighted by Crippen LogP contribution is 2.22. The van der Waals surface area contributed by atoms with E-state index in [-0.39, 0.29) is 5.75 Å². The summed E-state index contributed by atoms with van der Waals surface area (Å²) in [6.07, 6.45) is -0.804. The zero-order valence-corrected chi connectivity index (χ0v) is 12.5. The molecule has 0 amide bonds. The van der Waals surface area contributed by atoms with E-state index in [9.17, 15) is 13.9 Å². The van der Waals surface area contributed by atoms with Gasteiger partial charge in [-0.15, -0.1) is 11.3 Å². The van der Waals surface area contributed by atoms with Crippen LogP contribution in [0, 0.1) is 0 Å². The Balaban J connectivity index is 1.86. The molecule has 1 heterocycles. The molecule has 114 valence electrons. The Hall–Kier alpha value is -1.21. The minimum Gasteiger partial charge on any atom is -0.435 e. The quantitative estimate of drug-likeness (QED) is 0.809. The van der Waals surface area contributed by atoms with Crippen LogP contribution in [0.2, 0.25) is 4.34 Å². The van der Waals surface area contributed by atoms with Crippen LogP contribution in [0.4, 0.5) is 8.78 Å². The number of nitrogens with one attached hydrogen (secondary N) is 1. The van der Waals surface area contributed by atoms with Crippen LogP contribution in [-0.2, 0) is 6.54 Å². The number of hydrogen-bond donors (Lipinski definition) is 2. The first-order chi connectivity index (χ1) is 10.0. The van der Waals surface area contributed by atoms with Crippen molar-refractivity contribution in [1.29, 1.82) is 0 Å². The molecule has 0 aliphatic heterocycles. The van der Waals surface area contributed by atoms with Crippen molar-refractivity contribution in [3.05, 3.63) is 51.2 Å². The average molecular weight is 334 g/mol. The molecule has 2 rings (SSSR count).